The number of halogens is 3. The van der Waals surface area contributed by atoms with Crippen LogP contribution in [0, 0.1) is 23.4 Å². The van der Waals surface area contributed by atoms with Crippen molar-refractivity contribution in [2.24, 2.45) is 5.92 Å². The molecule has 0 bridgehead atoms. The highest BCUT2D eigenvalue weighted by atomic mass is 19.2. The first-order chi connectivity index (χ1) is 13.5. The molecule has 1 aliphatic carbocycles. The molecule has 0 nitrogen and oxygen atoms in total. The van der Waals surface area contributed by atoms with E-state index in [1.807, 2.05) is 13.0 Å². The lowest BCUT2D eigenvalue weighted by molar-refractivity contribution is 0.308. The normalized spacial score (nSPS) is 19.8. The molecule has 0 unspecified atom stereocenters. The first-order valence-electron chi connectivity index (χ1n) is 10.8. The van der Waals surface area contributed by atoms with Gasteiger partial charge in [-0.2, -0.15) is 0 Å². The lowest BCUT2D eigenvalue weighted by Crippen LogP contribution is -2.15. The Morgan fingerprint density at radius 1 is 0.786 bits per heavy atom. The summed E-state index contributed by atoms with van der Waals surface area (Å²) in [5.41, 5.74) is 2.85. The van der Waals surface area contributed by atoms with Gasteiger partial charge in [-0.15, -0.1) is 0 Å². The van der Waals surface area contributed by atoms with Crippen molar-refractivity contribution < 1.29 is 13.2 Å². The first kappa shape index (κ1) is 21.0. The zero-order valence-corrected chi connectivity index (χ0v) is 17.0. The van der Waals surface area contributed by atoms with Crippen LogP contribution < -0.4 is 0 Å². The van der Waals surface area contributed by atoms with E-state index in [0.29, 0.717) is 35.8 Å². The van der Waals surface area contributed by atoms with E-state index in [1.54, 1.807) is 18.2 Å². The summed E-state index contributed by atoms with van der Waals surface area (Å²) >= 11 is 0. The maximum Gasteiger partial charge on any atom is 0.162 e. The molecule has 0 spiro atoms. The highest BCUT2D eigenvalue weighted by Crippen LogP contribution is 2.38. The third kappa shape index (κ3) is 4.79. The Morgan fingerprint density at radius 2 is 1.43 bits per heavy atom. The van der Waals surface area contributed by atoms with Gasteiger partial charge in [-0.25, -0.2) is 13.2 Å². The number of hydrogen-bond donors (Lipinski definition) is 0. The number of aryl methyl sites for hydroxylation is 3. The number of hydrogen-bond acceptors (Lipinski definition) is 0. The highest BCUT2D eigenvalue weighted by Gasteiger charge is 2.23. The average molecular weight is 389 g/mol. The van der Waals surface area contributed by atoms with Gasteiger partial charge >= 0.3 is 0 Å². The van der Waals surface area contributed by atoms with Gasteiger partial charge in [0.05, 0.1) is 0 Å². The van der Waals surface area contributed by atoms with Gasteiger partial charge in [0, 0.05) is 0 Å². The Kier molecular flexibility index (Phi) is 7.20. The molecule has 0 radical (unpaired) electrons. The molecular weight excluding hydrogens is 357 g/mol. The first-order valence-corrected chi connectivity index (χ1v) is 10.8. The van der Waals surface area contributed by atoms with E-state index in [4.69, 9.17) is 0 Å². The molecule has 1 saturated carbocycles. The molecule has 0 aliphatic heterocycles. The zero-order valence-electron chi connectivity index (χ0n) is 17.0. The molecule has 28 heavy (non-hydrogen) atoms. The van der Waals surface area contributed by atoms with Crippen LogP contribution in [0.5, 0.6) is 0 Å². The van der Waals surface area contributed by atoms with Gasteiger partial charge in [0.15, 0.2) is 11.6 Å². The Hall–Kier alpha value is -1.77. The fourth-order valence-electron chi connectivity index (χ4n) is 4.53. The Bertz CT molecular complexity index is 789. The molecule has 0 amide bonds. The molecule has 0 N–H and O–H groups in total. The molecule has 2 aromatic rings. The second kappa shape index (κ2) is 9.62. The van der Waals surface area contributed by atoms with E-state index in [0.717, 1.165) is 56.1 Å². The van der Waals surface area contributed by atoms with Crippen molar-refractivity contribution in [3.8, 4) is 0 Å². The third-order valence-electron chi connectivity index (χ3n) is 6.36. The van der Waals surface area contributed by atoms with Gasteiger partial charge in [-0.1, -0.05) is 44.5 Å². The predicted molar refractivity (Wildman–Crippen MR) is 109 cm³/mol. The summed E-state index contributed by atoms with van der Waals surface area (Å²) in [7, 11) is 0. The minimum atomic E-state index is -0.683. The van der Waals surface area contributed by atoms with Gasteiger partial charge in [-0.05, 0) is 91.5 Å². The van der Waals surface area contributed by atoms with Crippen LogP contribution in [0.3, 0.4) is 0 Å². The van der Waals surface area contributed by atoms with Crippen molar-refractivity contribution in [1.29, 1.82) is 0 Å². The van der Waals surface area contributed by atoms with Crippen LogP contribution in [0.15, 0.2) is 30.3 Å². The van der Waals surface area contributed by atoms with Crippen molar-refractivity contribution in [3.63, 3.8) is 0 Å². The minimum absolute atomic E-state index is 0.0745. The molecule has 152 valence electrons. The molecule has 3 rings (SSSR count). The van der Waals surface area contributed by atoms with E-state index in [1.165, 1.54) is 0 Å². The summed E-state index contributed by atoms with van der Waals surface area (Å²) in [6.45, 7) is 3.90. The van der Waals surface area contributed by atoms with Crippen LogP contribution in [-0.4, -0.2) is 0 Å². The summed E-state index contributed by atoms with van der Waals surface area (Å²) in [4.78, 5) is 0. The SMILES string of the molecule is CCCc1ccc(C2CCC(CCc3ccc(CC)c(F)c3F)CC2)cc1F. The topological polar surface area (TPSA) is 0 Å². The fraction of sp³-hybridized carbons (Fsp3) is 0.520. The minimum Gasteiger partial charge on any atom is -0.207 e. The second-order valence-electron chi connectivity index (χ2n) is 8.22. The van der Waals surface area contributed by atoms with Gasteiger partial charge in [0.25, 0.3) is 0 Å². The summed E-state index contributed by atoms with van der Waals surface area (Å²) in [6.07, 6.45) is 7.95. The van der Waals surface area contributed by atoms with E-state index >= 15 is 0 Å². The Labute approximate surface area is 167 Å². The van der Waals surface area contributed by atoms with E-state index in [-0.39, 0.29) is 5.82 Å². The van der Waals surface area contributed by atoms with Gasteiger partial charge in [-0.3, -0.25) is 0 Å². The number of benzene rings is 2. The summed E-state index contributed by atoms with van der Waals surface area (Å²) < 4.78 is 42.4. The van der Waals surface area contributed by atoms with Crippen molar-refractivity contribution in [2.75, 3.05) is 0 Å². The molecule has 1 fully saturated rings. The fourth-order valence-corrected chi connectivity index (χ4v) is 4.53. The summed E-state index contributed by atoms with van der Waals surface area (Å²) in [5, 5.41) is 0. The summed E-state index contributed by atoms with van der Waals surface area (Å²) in [5.74, 6) is -0.476. The molecule has 0 atom stereocenters. The highest BCUT2D eigenvalue weighted by molar-refractivity contribution is 5.28. The molecule has 0 saturated heterocycles. The maximum atomic E-state index is 14.2. The monoisotopic (exact) mass is 388 g/mol. The quantitative estimate of drug-likeness (QED) is 0.460. The van der Waals surface area contributed by atoms with Crippen molar-refractivity contribution in [1.82, 2.24) is 0 Å². The van der Waals surface area contributed by atoms with E-state index < -0.39 is 11.6 Å². The second-order valence-corrected chi connectivity index (χ2v) is 8.22. The van der Waals surface area contributed by atoms with Crippen molar-refractivity contribution >= 4 is 0 Å². The van der Waals surface area contributed by atoms with Crippen LogP contribution in [0.1, 0.15) is 80.5 Å². The van der Waals surface area contributed by atoms with Crippen LogP contribution in [0.25, 0.3) is 0 Å². The molecule has 0 aromatic heterocycles. The zero-order chi connectivity index (χ0) is 20.1. The lowest BCUT2D eigenvalue weighted by atomic mass is 9.76. The van der Waals surface area contributed by atoms with E-state index in [2.05, 4.69) is 13.0 Å². The Morgan fingerprint density at radius 3 is 2.07 bits per heavy atom. The smallest absolute Gasteiger partial charge is 0.162 e. The lowest BCUT2D eigenvalue weighted by Gasteiger charge is -2.29. The molecule has 0 heterocycles. The number of rotatable bonds is 7. The van der Waals surface area contributed by atoms with Crippen LogP contribution >= 0.6 is 0 Å². The Balaban J connectivity index is 1.53. The van der Waals surface area contributed by atoms with Gasteiger partial charge in [0.2, 0.25) is 0 Å². The molecular formula is C25H31F3. The van der Waals surface area contributed by atoms with Crippen LogP contribution in [-0.2, 0) is 19.3 Å². The van der Waals surface area contributed by atoms with Gasteiger partial charge in [0.1, 0.15) is 5.82 Å². The molecule has 1 aliphatic rings. The molecule has 3 heteroatoms. The maximum absolute atomic E-state index is 14.2. The largest absolute Gasteiger partial charge is 0.207 e. The predicted octanol–water partition coefficient (Wildman–Crippen LogP) is 7.53. The van der Waals surface area contributed by atoms with Crippen LogP contribution in [0.4, 0.5) is 13.2 Å². The average Bonchev–Trinajstić information content (AvgIpc) is 2.71. The summed E-state index contributed by atoms with van der Waals surface area (Å²) in [6, 6.07) is 9.21. The third-order valence-corrected chi connectivity index (χ3v) is 6.36. The van der Waals surface area contributed by atoms with Crippen molar-refractivity contribution in [2.45, 2.75) is 77.6 Å². The molecule has 2 aromatic carbocycles. The standard InChI is InChI=1S/C25H31F3/c1-3-5-20-13-15-22(16-23(20)26)19-9-6-17(7-10-19)8-11-21-14-12-18(4-2)24(27)25(21)28/h12-17,19H,3-11H2,1-2H3. The van der Waals surface area contributed by atoms with Gasteiger partial charge < -0.3 is 0 Å². The van der Waals surface area contributed by atoms with E-state index in [9.17, 15) is 13.2 Å². The van der Waals surface area contributed by atoms with Crippen LogP contribution in [0.2, 0.25) is 0 Å². The van der Waals surface area contributed by atoms with Crippen molar-refractivity contribution in [3.05, 3.63) is 70.0 Å².